The van der Waals surface area contributed by atoms with Crippen molar-refractivity contribution in [2.24, 2.45) is 0 Å². The zero-order valence-electron chi connectivity index (χ0n) is 14.6. The predicted molar refractivity (Wildman–Crippen MR) is 98.4 cm³/mol. The summed E-state index contributed by atoms with van der Waals surface area (Å²) in [6, 6.07) is 17.5. The first-order chi connectivity index (χ1) is 12.1. The quantitative estimate of drug-likeness (QED) is 0.861. The highest BCUT2D eigenvalue weighted by atomic mass is 16.2. The molecule has 0 aliphatic carbocycles. The second-order valence-corrected chi connectivity index (χ2v) is 6.47. The molecule has 130 valence electrons. The van der Waals surface area contributed by atoms with Crippen LogP contribution in [-0.2, 0) is 11.2 Å². The number of aryl methyl sites for hydroxylation is 2. The SMILES string of the molecule is Cc1ccccc1CCC(=O)N1CCN(C(=O)c2ccccc2)CC1. The van der Waals surface area contributed by atoms with Gasteiger partial charge in [0.2, 0.25) is 5.91 Å². The number of nitrogens with zero attached hydrogens (tertiary/aromatic N) is 2. The van der Waals surface area contributed by atoms with Gasteiger partial charge < -0.3 is 9.80 Å². The fraction of sp³-hybridized carbons (Fsp3) is 0.333. The van der Waals surface area contributed by atoms with Gasteiger partial charge in [-0.1, -0.05) is 42.5 Å². The molecule has 2 amide bonds. The van der Waals surface area contributed by atoms with Crippen LogP contribution in [-0.4, -0.2) is 47.8 Å². The Balaban J connectivity index is 1.49. The van der Waals surface area contributed by atoms with E-state index in [0.29, 0.717) is 38.2 Å². The van der Waals surface area contributed by atoms with E-state index in [-0.39, 0.29) is 11.8 Å². The van der Waals surface area contributed by atoms with Gasteiger partial charge in [0.25, 0.3) is 5.91 Å². The molecule has 1 saturated heterocycles. The van der Waals surface area contributed by atoms with Crippen LogP contribution in [0.15, 0.2) is 54.6 Å². The third kappa shape index (κ3) is 4.27. The maximum absolute atomic E-state index is 12.5. The van der Waals surface area contributed by atoms with Crippen LogP contribution in [0.4, 0.5) is 0 Å². The second kappa shape index (κ2) is 7.97. The van der Waals surface area contributed by atoms with Crippen LogP contribution < -0.4 is 0 Å². The van der Waals surface area contributed by atoms with Gasteiger partial charge in [-0.05, 0) is 36.6 Å². The van der Waals surface area contributed by atoms with Crippen molar-refractivity contribution in [3.8, 4) is 0 Å². The van der Waals surface area contributed by atoms with E-state index in [1.165, 1.54) is 11.1 Å². The van der Waals surface area contributed by atoms with Gasteiger partial charge in [0, 0.05) is 38.2 Å². The number of hydrogen-bond donors (Lipinski definition) is 0. The van der Waals surface area contributed by atoms with Gasteiger partial charge in [-0.15, -0.1) is 0 Å². The zero-order chi connectivity index (χ0) is 17.6. The maximum Gasteiger partial charge on any atom is 0.253 e. The third-order valence-electron chi connectivity index (χ3n) is 4.81. The van der Waals surface area contributed by atoms with E-state index >= 15 is 0 Å². The average molecular weight is 336 g/mol. The first-order valence-corrected chi connectivity index (χ1v) is 8.82. The summed E-state index contributed by atoms with van der Waals surface area (Å²) in [5, 5.41) is 0. The highest BCUT2D eigenvalue weighted by Gasteiger charge is 2.24. The van der Waals surface area contributed by atoms with Crippen molar-refractivity contribution in [3.63, 3.8) is 0 Å². The molecule has 25 heavy (non-hydrogen) atoms. The summed E-state index contributed by atoms with van der Waals surface area (Å²) in [5.74, 6) is 0.225. The van der Waals surface area contributed by atoms with Gasteiger partial charge >= 0.3 is 0 Å². The zero-order valence-corrected chi connectivity index (χ0v) is 14.6. The van der Waals surface area contributed by atoms with E-state index in [2.05, 4.69) is 19.1 Å². The van der Waals surface area contributed by atoms with Crippen LogP contribution in [0, 0.1) is 6.92 Å². The standard InChI is InChI=1S/C21H24N2O2/c1-17-7-5-6-8-18(17)11-12-20(24)22-13-15-23(16-14-22)21(25)19-9-3-2-4-10-19/h2-10H,11-16H2,1H3. The highest BCUT2D eigenvalue weighted by molar-refractivity contribution is 5.94. The molecule has 0 radical (unpaired) electrons. The van der Waals surface area contributed by atoms with E-state index in [1.807, 2.05) is 52.3 Å². The van der Waals surface area contributed by atoms with Crippen molar-refractivity contribution in [1.29, 1.82) is 0 Å². The van der Waals surface area contributed by atoms with Crippen LogP contribution in [0.25, 0.3) is 0 Å². The van der Waals surface area contributed by atoms with Crippen molar-refractivity contribution in [1.82, 2.24) is 9.80 Å². The number of rotatable bonds is 4. The van der Waals surface area contributed by atoms with Crippen molar-refractivity contribution in [2.45, 2.75) is 19.8 Å². The number of piperazine rings is 1. The lowest BCUT2D eigenvalue weighted by Crippen LogP contribution is -2.50. The van der Waals surface area contributed by atoms with E-state index in [1.54, 1.807) is 0 Å². The molecule has 0 saturated carbocycles. The van der Waals surface area contributed by atoms with Crippen molar-refractivity contribution in [3.05, 3.63) is 71.3 Å². The molecule has 1 heterocycles. The van der Waals surface area contributed by atoms with Crippen LogP contribution in [0.2, 0.25) is 0 Å². The number of carbonyl (C=O) groups excluding carboxylic acids is 2. The van der Waals surface area contributed by atoms with Crippen LogP contribution >= 0.6 is 0 Å². The van der Waals surface area contributed by atoms with E-state index in [4.69, 9.17) is 0 Å². The van der Waals surface area contributed by atoms with Crippen molar-refractivity contribution in [2.75, 3.05) is 26.2 Å². The molecule has 1 aliphatic rings. The Kier molecular flexibility index (Phi) is 5.49. The fourth-order valence-corrected chi connectivity index (χ4v) is 3.21. The summed E-state index contributed by atoms with van der Waals surface area (Å²) in [7, 11) is 0. The molecule has 4 nitrogen and oxygen atoms in total. The van der Waals surface area contributed by atoms with Gasteiger partial charge in [0.1, 0.15) is 0 Å². The lowest BCUT2D eigenvalue weighted by Gasteiger charge is -2.35. The van der Waals surface area contributed by atoms with Gasteiger partial charge in [0.15, 0.2) is 0 Å². The minimum Gasteiger partial charge on any atom is -0.339 e. The molecule has 4 heteroatoms. The molecule has 2 aromatic carbocycles. The van der Waals surface area contributed by atoms with E-state index < -0.39 is 0 Å². The molecule has 0 spiro atoms. The van der Waals surface area contributed by atoms with Gasteiger partial charge in [0.05, 0.1) is 0 Å². The summed E-state index contributed by atoms with van der Waals surface area (Å²) in [4.78, 5) is 28.6. The van der Waals surface area contributed by atoms with Crippen LogP contribution in [0.5, 0.6) is 0 Å². The minimum absolute atomic E-state index is 0.0487. The first kappa shape index (κ1) is 17.2. The normalized spacial score (nSPS) is 14.4. The molecular weight excluding hydrogens is 312 g/mol. The minimum atomic E-state index is 0.0487. The highest BCUT2D eigenvalue weighted by Crippen LogP contribution is 2.13. The molecule has 3 rings (SSSR count). The van der Waals surface area contributed by atoms with Gasteiger partial charge in [-0.2, -0.15) is 0 Å². The maximum atomic E-state index is 12.5. The molecule has 0 atom stereocenters. The monoisotopic (exact) mass is 336 g/mol. The third-order valence-corrected chi connectivity index (χ3v) is 4.81. The topological polar surface area (TPSA) is 40.6 Å². The van der Waals surface area contributed by atoms with Crippen molar-refractivity contribution < 1.29 is 9.59 Å². The van der Waals surface area contributed by atoms with Crippen LogP contribution in [0.1, 0.15) is 27.9 Å². The number of benzene rings is 2. The summed E-state index contributed by atoms with van der Waals surface area (Å²) >= 11 is 0. The second-order valence-electron chi connectivity index (χ2n) is 6.47. The number of hydrogen-bond acceptors (Lipinski definition) is 2. The Morgan fingerprint density at radius 1 is 0.840 bits per heavy atom. The molecule has 1 aliphatic heterocycles. The summed E-state index contributed by atoms with van der Waals surface area (Å²) in [6.45, 7) is 4.51. The number of carbonyl (C=O) groups is 2. The lowest BCUT2D eigenvalue weighted by molar-refractivity contribution is -0.132. The largest absolute Gasteiger partial charge is 0.339 e. The molecule has 1 fully saturated rings. The Labute approximate surface area is 149 Å². The molecule has 0 aromatic heterocycles. The lowest BCUT2D eigenvalue weighted by atomic mass is 10.0. The predicted octanol–water partition coefficient (Wildman–Crippen LogP) is 2.91. The molecule has 2 aromatic rings. The summed E-state index contributed by atoms with van der Waals surface area (Å²) in [6.07, 6.45) is 1.30. The summed E-state index contributed by atoms with van der Waals surface area (Å²) < 4.78 is 0. The van der Waals surface area contributed by atoms with Gasteiger partial charge in [-0.3, -0.25) is 9.59 Å². The molecule has 0 unspecified atom stereocenters. The van der Waals surface area contributed by atoms with Crippen molar-refractivity contribution >= 4 is 11.8 Å². The average Bonchev–Trinajstić information content (AvgIpc) is 2.67. The summed E-state index contributed by atoms with van der Waals surface area (Å²) in [5.41, 5.74) is 3.17. The molecular formula is C21H24N2O2. The smallest absolute Gasteiger partial charge is 0.253 e. The Morgan fingerprint density at radius 3 is 2.12 bits per heavy atom. The van der Waals surface area contributed by atoms with E-state index in [9.17, 15) is 9.59 Å². The Bertz CT molecular complexity index is 735. The Morgan fingerprint density at radius 2 is 1.44 bits per heavy atom. The fourth-order valence-electron chi connectivity index (χ4n) is 3.21. The number of amides is 2. The van der Waals surface area contributed by atoms with E-state index in [0.717, 1.165) is 6.42 Å². The molecule has 0 N–H and O–H groups in total. The van der Waals surface area contributed by atoms with Crippen LogP contribution in [0.3, 0.4) is 0 Å². The first-order valence-electron chi connectivity index (χ1n) is 8.82. The van der Waals surface area contributed by atoms with Gasteiger partial charge in [-0.25, -0.2) is 0 Å². The molecule has 0 bridgehead atoms. The Hall–Kier alpha value is -2.62.